The van der Waals surface area contributed by atoms with Gasteiger partial charge in [0.1, 0.15) is 0 Å². The van der Waals surface area contributed by atoms with Crippen LogP contribution in [0.1, 0.15) is 70.7 Å². The standard InChI is InChI=1S/C26H23Br2ClN3O2.C19H16Br2ClN2/c27-20-12-19-2-1-18-13-21(29)14-22(28)24(18)25(26(19)30-15-20)17-5-7-31(8-6-17)23(33)11-16-3-9-32(34)10-4-16;20-14-7-13-2-1-12-8-15(22)9-16(21)17(12)18(19(13)24-10-14)11-3-5-23-6-4-11/h1-4,9-10,12-15,17,25,34H,5-8,11H2;1-2,7-11,23H,3-6H2/q+1;-1. The van der Waals surface area contributed by atoms with Gasteiger partial charge >= 0.3 is 0 Å². The van der Waals surface area contributed by atoms with Crippen molar-refractivity contribution >= 4 is 117 Å². The number of hydrogen-bond donors (Lipinski definition) is 2. The van der Waals surface area contributed by atoms with E-state index in [4.69, 9.17) is 33.5 Å². The Balaban J connectivity index is 0.000000172. The monoisotopic (exact) mass is 1070 g/mol. The Morgan fingerprint density at radius 2 is 1.55 bits per heavy atom. The number of nitrogens with one attached hydrogen (secondary N) is 1. The predicted octanol–water partition coefficient (Wildman–Crippen LogP) is 12.3. The number of carbonyl (C=O) groups excluding carboxylic acids is 1. The maximum Gasteiger partial charge on any atom is 0.226 e. The van der Waals surface area contributed by atoms with Crippen LogP contribution in [0.4, 0.5) is 0 Å². The van der Waals surface area contributed by atoms with E-state index in [1.807, 2.05) is 41.6 Å². The highest BCUT2D eigenvalue weighted by atomic mass is 79.9. The summed E-state index contributed by atoms with van der Waals surface area (Å²) < 4.78 is 4.96. The van der Waals surface area contributed by atoms with Gasteiger partial charge in [-0.1, -0.05) is 95.3 Å². The zero-order chi connectivity index (χ0) is 40.5. The van der Waals surface area contributed by atoms with E-state index in [2.05, 4.69) is 105 Å². The fraction of sp³-hybridized carbons (Fsp3) is 0.267. The highest BCUT2D eigenvalue weighted by Crippen LogP contribution is 2.48. The lowest BCUT2D eigenvalue weighted by Crippen LogP contribution is -2.41. The quantitative estimate of drug-likeness (QED) is 0.158. The molecule has 13 heteroatoms. The minimum absolute atomic E-state index is 0.103. The molecular formula is C45H39Br4Cl2N5O2. The molecule has 1 amide bonds. The first-order chi connectivity index (χ1) is 28.0. The summed E-state index contributed by atoms with van der Waals surface area (Å²) in [4.78, 5) is 19.7. The largest absolute Gasteiger partial charge is 0.662 e. The number of rotatable bonds is 4. The Hall–Kier alpha value is -3.03. The molecule has 1 unspecified atom stereocenters. The number of likely N-dealkylation sites (tertiary alicyclic amines) is 1. The van der Waals surface area contributed by atoms with Crippen molar-refractivity contribution < 1.29 is 14.7 Å². The number of amides is 1. The van der Waals surface area contributed by atoms with Crippen LogP contribution < -0.4 is 10.0 Å². The first-order valence-electron chi connectivity index (χ1n) is 19.2. The Morgan fingerprint density at radius 1 is 0.879 bits per heavy atom. The van der Waals surface area contributed by atoms with Gasteiger partial charge in [0.05, 0.1) is 12.1 Å². The summed E-state index contributed by atoms with van der Waals surface area (Å²) in [6.45, 7) is 3.53. The second-order valence-electron chi connectivity index (χ2n) is 15.0. The molecule has 298 valence electrons. The topological polar surface area (TPSA) is 83.4 Å². The molecule has 5 aliphatic rings. The number of halogens is 6. The zero-order valence-corrected chi connectivity index (χ0v) is 39.1. The van der Waals surface area contributed by atoms with Crippen LogP contribution in [-0.2, 0) is 11.2 Å². The molecule has 1 atom stereocenters. The molecule has 2 N–H and O–H groups in total. The average Bonchev–Trinajstić information content (AvgIpc) is 3.47. The fourth-order valence-corrected chi connectivity index (χ4v) is 11.5. The normalized spacial score (nSPS) is 18.9. The fourth-order valence-electron chi connectivity index (χ4n) is 8.66. The van der Waals surface area contributed by atoms with Crippen LogP contribution >= 0.6 is 86.9 Å². The number of nitrogens with zero attached hydrogens (tertiary/aromatic N) is 4. The number of carbonyl (C=O) groups is 1. The van der Waals surface area contributed by atoms with E-state index in [0.29, 0.717) is 36.4 Å². The number of pyridine rings is 2. The Bertz CT molecular complexity index is 2420. The minimum Gasteiger partial charge on any atom is -0.662 e. The van der Waals surface area contributed by atoms with Gasteiger partial charge in [0.25, 0.3) is 0 Å². The Kier molecular flexibility index (Phi) is 13.2. The van der Waals surface area contributed by atoms with Crippen molar-refractivity contribution in [2.75, 3.05) is 26.2 Å². The second kappa shape index (κ2) is 18.3. The first kappa shape index (κ1) is 41.7. The number of aromatic nitrogens is 2. The average molecular weight is 1070 g/mol. The molecule has 0 saturated carbocycles. The maximum absolute atomic E-state index is 12.9. The first-order valence-corrected chi connectivity index (χ1v) is 23.2. The molecule has 3 aliphatic heterocycles. The van der Waals surface area contributed by atoms with Crippen LogP contribution in [0.25, 0.3) is 29.1 Å². The van der Waals surface area contributed by atoms with Crippen LogP contribution in [-0.4, -0.2) is 47.2 Å². The molecule has 2 aliphatic carbocycles. The molecule has 5 heterocycles. The van der Waals surface area contributed by atoms with E-state index < -0.39 is 0 Å². The van der Waals surface area contributed by atoms with E-state index in [9.17, 15) is 10.0 Å². The lowest BCUT2D eigenvalue weighted by atomic mass is 9.76. The van der Waals surface area contributed by atoms with Crippen molar-refractivity contribution in [3.63, 3.8) is 0 Å². The smallest absolute Gasteiger partial charge is 0.226 e. The van der Waals surface area contributed by atoms with Gasteiger partial charge in [-0.05, 0) is 152 Å². The summed E-state index contributed by atoms with van der Waals surface area (Å²) in [6, 6.07) is 13.6. The van der Waals surface area contributed by atoms with Crippen molar-refractivity contribution in [1.29, 1.82) is 0 Å². The van der Waals surface area contributed by atoms with Crippen molar-refractivity contribution in [3.05, 3.63) is 163 Å². The number of piperidine rings is 2. The van der Waals surface area contributed by atoms with Crippen molar-refractivity contribution in [3.8, 4) is 0 Å². The van der Waals surface area contributed by atoms with E-state index in [0.717, 1.165) is 106 Å². The van der Waals surface area contributed by atoms with Crippen molar-refractivity contribution in [1.82, 2.24) is 15.2 Å². The van der Waals surface area contributed by atoms with Gasteiger partial charge < -0.3 is 15.5 Å². The van der Waals surface area contributed by atoms with Gasteiger partial charge in [0, 0.05) is 65.5 Å². The molecule has 9 rings (SSSR count). The number of allylic oxidation sites excluding steroid dienone is 4. The van der Waals surface area contributed by atoms with E-state index >= 15 is 0 Å². The van der Waals surface area contributed by atoms with Crippen LogP contribution in [0, 0.1) is 11.8 Å². The summed E-state index contributed by atoms with van der Waals surface area (Å²) in [7, 11) is 0. The lowest BCUT2D eigenvalue weighted by Gasteiger charge is -2.37. The zero-order valence-electron chi connectivity index (χ0n) is 31.2. The third-order valence-corrected chi connectivity index (χ3v) is 14.0. The van der Waals surface area contributed by atoms with Gasteiger partial charge in [-0.2, -0.15) is 6.20 Å². The van der Waals surface area contributed by atoms with Gasteiger partial charge in [-0.3, -0.25) is 15.0 Å². The van der Waals surface area contributed by atoms with Gasteiger partial charge in [-0.25, -0.2) is 0 Å². The number of hydrogen-bond acceptors (Lipinski definition) is 4. The van der Waals surface area contributed by atoms with Crippen LogP contribution in [0.5, 0.6) is 0 Å². The van der Waals surface area contributed by atoms with Crippen LogP contribution in [0.3, 0.4) is 0 Å². The number of fused-ring (bicyclic) bond motifs is 4. The molecule has 2 fully saturated rings. The van der Waals surface area contributed by atoms with Crippen LogP contribution in [0.2, 0.25) is 10.0 Å². The summed E-state index contributed by atoms with van der Waals surface area (Å²) in [5.74, 6) is 1.06. The molecule has 4 aromatic rings. The summed E-state index contributed by atoms with van der Waals surface area (Å²) in [6.07, 6.45) is 21.9. The van der Waals surface area contributed by atoms with E-state index in [1.54, 1.807) is 24.5 Å². The summed E-state index contributed by atoms with van der Waals surface area (Å²) in [5, 5.41) is 19.1. The SMILES string of the molecule is Clc1cc(Br)c2c(c1)C=CC1=CC(Br)=C[N-]C1=C2C1CCNCC1.O=C(Cc1cc[n+](O)cc1)N1CCC(C2c3ncc(Br)cc3C=Cc3cc(Cl)cc(Br)c32)CC1. The molecule has 2 aromatic carbocycles. The molecule has 0 bridgehead atoms. The molecule has 2 aromatic heterocycles. The third kappa shape index (κ3) is 9.16. The molecule has 7 nitrogen and oxygen atoms in total. The lowest BCUT2D eigenvalue weighted by molar-refractivity contribution is -0.904. The molecule has 0 radical (unpaired) electrons. The third-order valence-electron chi connectivity index (χ3n) is 11.4. The second-order valence-corrected chi connectivity index (χ2v) is 19.4. The highest BCUT2D eigenvalue weighted by Gasteiger charge is 2.35. The Labute approximate surface area is 382 Å². The van der Waals surface area contributed by atoms with Crippen molar-refractivity contribution in [2.24, 2.45) is 11.8 Å². The highest BCUT2D eigenvalue weighted by molar-refractivity contribution is 9.12. The molecule has 58 heavy (non-hydrogen) atoms. The van der Waals surface area contributed by atoms with Gasteiger partial charge in [-0.15, -0.1) is 5.70 Å². The van der Waals surface area contributed by atoms with Crippen LogP contribution in [0.15, 0.2) is 109 Å². The van der Waals surface area contributed by atoms with Gasteiger partial charge in [0.15, 0.2) is 0 Å². The Morgan fingerprint density at radius 3 is 2.29 bits per heavy atom. The maximum atomic E-state index is 12.9. The minimum atomic E-state index is 0.103. The number of benzene rings is 2. The summed E-state index contributed by atoms with van der Waals surface area (Å²) in [5.41, 5.74) is 11.3. The van der Waals surface area contributed by atoms with Gasteiger partial charge in [0.2, 0.25) is 18.3 Å². The predicted molar refractivity (Wildman–Crippen MR) is 248 cm³/mol. The van der Waals surface area contributed by atoms with Crippen molar-refractivity contribution in [2.45, 2.75) is 38.0 Å². The molecule has 2 saturated heterocycles. The summed E-state index contributed by atoms with van der Waals surface area (Å²) >= 11 is 27.3. The molecule has 0 spiro atoms. The van der Waals surface area contributed by atoms with E-state index in [-0.39, 0.29) is 11.8 Å². The molecular weight excluding hydrogens is 1030 g/mol. The van der Waals surface area contributed by atoms with E-state index in [1.165, 1.54) is 16.7 Å².